The third kappa shape index (κ3) is 2.49. The molecule has 16 heavy (non-hydrogen) atoms. The van der Waals surface area contributed by atoms with Crippen molar-refractivity contribution in [1.29, 1.82) is 0 Å². The van der Waals surface area contributed by atoms with Crippen molar-refractivity contribution < 1.29 is 0 Å². The third-order valence-electron chi connectivity index (χ3n) is 4.57. The summed E-state index contributed by atoms with van der Waals surface area (Å²) in [7, 11) is 0. The van der Waals surface area contributed by atoms with Crippen LogP contribution in [0.4, 0.5) is 0 Å². The van der Waals surface area contributed by atoms with Crippen LogP contribution in [0, 0.1) is 11.8 Å². The Balaban J connectivity index is 1.89. The lowest BCUT2D eigenvalue weighted by molar-refractivity contribution is 0.191. The van der Waals surface area contributed by atoms with Crippen molar-refractivity contribution in [3.8, 4) is 0 Å². The predicted octanol–water partition coefficient (Wildman–Crippen LogP) is 2.27. The van der Waals surface area contributed by atoms with Crippen LogP contribution in [-0.4, -0.2) is 36.6 Å². The van der Waals surface area contributed by atoms with Gasteiger partial charge in [0.1, 0.15) is 0 Å². The van der Waals surface area contributed by atoms with E-state index < -0.39 is 0 Å². The summed E-state index contributed by atoms with van der Waals surface area (Å²) in [6, 6.07) is 1.47. The highest BCUT2D eigenvalue weighted by Gasteiger charge is 2.36. The van der Waals surface area contributed by atoms with Gasteiger partial charge in [0.25, 0.3) is 0 Å². The van der Waals surface area contributed by atoms with Crippen LogP contribution in [0.25, 0.3) is 0 Å². The van der Waals surface area contributed by atoms with E-state index in [-0.39, 0.29) is 0 Å². The maximum Gasteiger partial charge on any atom is 0.0235 e. The molecule has 2 unspecified atom stereocenters. The van der Waals surface area contributed by atoms with Gasteiger partial charge in [-0.1, -0.05) is 13.0 Å². The quantitative estimate of drug-likeness (QED) is 0.734. The summed E-state index contributed by atoms with van der Waals surface area (Å²) >= 11 is 0. The van der Waals surface area contributed by atoms with Crippen molar-refractivity contribution in [3.05, 3.63) is 12.7 Å². The molecule has 2 saturated heterocycles. The molecule has 92 valence electrons. The molecule has 2 rings (SSSR count). The van der Waals surface area contributed by atoms with Gasteiger partial charge in [-0.25, -0.2) is 0 Å². The van der Waals surface area contributed by atoms with E-state index in [1.807, 2.05) is 0 Å². The standard InChI is InChI=1S/C14H26N2/c1-4-6-11(2)12(3)16-9-13-7-5-8-15-14(13)10-16/h4,11-15H,1,5-10H2,2-3H3/t11?,12?,13-,14+/m0/s1. The molecular formula is C14H26N2. The number of nitrogens with one attached hydrogen (secondary N) is 1. The normalized spacial score (nSPS) is 34.4. The molecule has 0 spiro atoms. The molecule has 0 aliphatic carbocycles. The minimum absolute atomic E-state index is 0.699. The molecule has 2 heterocycles. The van der Waals surface area contributed by atoms with Gasteiger partial charge in [-0.15, -0.1) is 6.58 Å². The second kappa shape index (κ2) is 5.33. The Bertz CT molecular complexity index is 225. The molecule has 2 nitrogen and oxygen atoms in total. The Morgan fingerprint density at radius 1 is 1.44 bits per heavy atom. The zero-order valence-corrected chi connectivity index (χ0v) is 10.8. The maximum absolute atomic E-state index is 3.85. The average molecular weight is 222 g/mol. The first-order chi connectivity index (χ1) is 7.72. The summed E-state index contributed by atoms with van der Waals surface area (Å²) < 4.78 is 0. The molecule has 4 atom stereocenters. The zero-order valence-electron chi connectivity index (χ0n) is 10.8. The number of rotatable bonds is 4. The summed E-state index contributed by atoms with van der Waals surface area (Å²) in [6.45, 7) is 12.4. The molecule has 0 bridgehead atoms. The molecule has 0 saturated carbocycles. The van der Waals surface area contributed by atoms with Crippen molar-refractivity contribution in [2.24, 2.45) is 11.8 Å². The fourth-order valence-electron chi connectivity index (χ4n) is 3.23. The van der Waals surface area contributed by atoms with Gasteiger partial charge in [-0.05, 0) is 44.6 Å². The van der Waals surface area contributed by atoms with Crippen LogP contribution in [-0.2, 0) is 0 Å². The molecule has 0 amide bonds. The molecule has 0 aromatic carbocycles. The molecule has 2 aliphatic heterocycles. The van der Waals surface area contributed by atoms with Crippen LogP contribution in [0.3, 0.4) is 0 Å². The molecule has 2 heteroatoms. The number of likely N-dealkylation sites (tertiary alicyclic amines) is 1. The summed E-state index contributed by atoms with van der Waals surface area (Å²) in [6.07, 6.45) is 5.99. The van der Waals surface area contributed by atoms with Crippen LogP contribution in [0.5, 0.6) is 0 Å². The second-order valence-corrected chi connectivity index (χ2v) is 5.66. The minimum Gasteiger partial charge on any atom is -0.312 e. The van der Waals surface area contributed by atoms with Crippen LogP contribution in [0.2, 0.25) is 0 Å². The number of nitrogens with zero attached hydrogens (tertiary/aromatic N) is 1. The first kappa shape index (κ1) is 12.1. The first-order valence-electron chi connectivity index (χ1n) is 6.80. The van der Waals surface area contributed by atoms with E-state index in [0.717, 1.165) is 24.3 Å². The van der Waals surface area contributed by atoms with Crippen LogP contribution < -0.4 is 5.32 Å². The number of allylic oxidation sites excluding steroid dienone is 1. The van der Waals surface area contributed by atoms with Gasteiger partial charge >= 0.3 is 0 Å². The molecule has 0 aromatic heterocycles. The lowest BCUT2D eigenvalue weighted by atomic mass is 9.94. The van der Waals surface area contributed by atoms with Gasteiger partial charge in [0.15, 0.2) is 0 Å². The molecule has 0 radical (unpaired) electrons. The Morgan fingerprint density at radius 2 is 2.25 bits per heavy atom. The molecule has 0 aromatic rings. The van der Waals surface area contributed by atoms with E-state index in [0.29, 0.717) is 6.04 Å². The SMILES string of the molecule is C=CCC(C)C(C)N1C[C@@H]2CCCN[C@@H]2C1. The second-order valence-electron chi connectivity index (χ2n) is 5.66. The van der Waals surface area contributed by atoms with Crippen LogP contribution in [0.15, 0.2) is 12.7 Å². The van der Waals surface area contributed by atoms with Gasteiger partial charge in [-0.2, -0.15) is 0 Å². The van der Waals surface area contributed by atoms with Crippen LogP contribution in [0.1, 0.15) is 33.1 Å². The molecule has 1 N–H and O–H groups in total. The van der Waals surface area contributed by atoms with Gasteiger partial charge < -0.3 is 5.32 Å². The Labute approximate surface area is 100 Å². The average Bonchev–Trinajstić information content (AvgIpc) is 2.71. The lowest BCUT2D eigenvalue weighted by Crippen LogP contribution is -2.41. The third-order valence-corrected chi connectivity index (χ3v) is 4.57. The lowest BCUT2D eigenvalue weighted by Gasteiger charge is -2.29. The number of piperidine rings is 1. The monoisotopic (exact) mass is 222 g/mol. The van der Waals surface area contributed by atoms with E-state index in [4.69, 9.17) is 0 Å². The predicted molar refractivity (Wildman–Crippen MR) is 69.5 cm³/mol. The Kier molecular flexibility index (Phi) is 4.04. The maximum atomic E-state index is 3.85. The summed E-state index contributed by atoms with van der Waals surface area (Å²) in [4.78, 5) is 2.68. The molecular weight excluding hydrogens is 196 g/mol. The van der Waals surface area contributed by atoms with Crippen molar-refractivity contribution in [2.75, 3.05) is 19.6 Å². The van der Waals surface area contributed by atoms with Crippen molar-refractivity contribution in [1.82, 2.24) is 10.2 Å². The summed E-state index contributed by atoms with van der Waals surface area (Å²) in [5, 5.41) is 3.67. The van der Waals surface area contributed by atoms with Crippen LogP contribution >= 0.6 is 0 Å². The highest BCUT2D eigenvalue weighted by atomic mass is 15.2. The van der Waals surface area contributed by atoms with Gasteiger partial charge in [0, 0.05) is 25.2 Å². The summed E-state index contributed by atoms with van der Waals surface area (Å²) in [5.74, 6) is 1.64. The highest BCUT2D eigenvalue weighted by molar-refractivity contribution is 4.94. The van der Waals surface area contributed by atoms with E-state index >= 15 is 0 Å². The largest absolute Gasteiger partial charge is 0.312 e. The number of hydrogen-bond acceptors (Lipinski definition) is 2. The van der Waals surface area contributed by atoms with Gasteiger partial charge in [0.05, 0.1) is 0 Å². The summed E-state index contributed by atoms with van der Waals surface area (Å²) in [5.41, 5.74) is 0. The van der Waals surface area contributed by atoms with E-state index in [9.17, 15) is 0 Å². The number of hydrogen-bond donors (Lipinski definition) is 1. The molecule has 2 aliphatic rings. The smallest absolute Gasteiger partial charge is 0.0235 e. The van der Waals surface area contributed by atoms with Gasteiger partial charge in [0.2, 0.25) is 0 Å². The fraction of sp³-hybridized carbons (Fsp3) is 0.857. The topological polar surface area (TPSA) is 15.3 Å². The van der Waals surface area contributed by atoms with Crippen molar-refractivity contribution in [3.63, 3.8) is 0 Å². The van der Waals surface area contributed by atoms with E-state index in [1.54, 1.807) is 0 Å². The molecule has 2 fully saturated rings. The van der Waals surface area contributed by atoms with E-state index in [1.165, 1.54) is 32.5 Å². The Hall–Kier alpha value is -0.340. The highest BCUT2D eigenvalue weighted by Crippen LogP contribution is 2.28. The first-order valence-corrected chi connectivity index (χ1v) is 6.80. The minimum atomic E-state index is 0.699. The number of fused-ring (bicyclic) bond motifs is 1. The zero-order chi connectivity index (χ0) is 11.5. The fourth-order valence-corrected chi connectivity index (χ4v) is 3.23. The van der Waals surface area contributed by atoms with Crippen molar-refractivity contribution in [2.45, 2.75) is 45.2 Å². The van der Waals surface area contributed by atoms with Crippen molar-refractivity contribution >= 4 is 0 Å². The van der Waals surface area contributed by atoms with E-state index in [2.05, 4.69) is 36.7 Å². The van der Waals surface area contributed by atoms with Gasteiger partial charge in [-0.3, -0.25) is 4.90 Å². The Morgan fingerprint density at radius 3 is 2.94 bits per heavy atom.